The summed E-state index contributed by atoms with van der Waals surface area (Å²) in [6, 6.07) is 0. The highest BCUT2D eigenvalue weighted by Gasteiger charge is 2.28. The van der Waals surface area contributed by atoms with Crippen LogP contribution in [-0.2, 0) is 4.79 Å². The quantitative estimate of drug-likeness (QED) is 0.322. The van der Waals surface area contributed by atoms with Gasteiger partial charge in [-0.2, -0.15) is 0 Å². The van der Waals surface area contributed by atoms with Crippen LogP contribution < -0.4 is 11.3 Å². The third kappa shape index (κ3) is 3.77. The zero-order valence-corrected chi connectivity index (χ0v) is 9.44. The van der Waals surface area contributed by atoms with Gasteiger partial charge in [0, 0.05) is 19.0 Å². The molecule has 1 amide bonds. The molecule has 0 heterocycles. The Kier molecular flexibility index (Phi) is 4.50. The zero-order valence-electron chi connectivity index (χ0n) is 9.44. The van der Waals surface area contributed by atoms with Crippen molar-refractivity contribution in [2.75, 3.05) is 20.1 Å². The smallest absolute Gasteiger partial charge is 0.237 e. The first-order valence-electron chi connectivity index (χ1n) is 5.40. The normalized spacial score (nSPS) is 27.3. The molecule has 5 heteroatoms. The van der Waals surface area contributed by atoms with Crippen LogP contribution in [0.3, 0.4) is 0 Å². The fraction of sp³-hybridized carbons (Fsp3) is 0.900. The maximum absolute atomic E-state index is 11.2. The second-order valence-electron chi connectivity index (χ2n) is 4.62. The number of hydrogen-bond acceptors (Lipinski definition) is 4. The molecule has 1 unspecified atom stereocenters. The molecule has 0 aromatic heterocycles. The first kappa shape index (κ1) is 12.4. The van der Waals surface area contributed by atoms with Gasteiger partial charge in [-0.25, -0.2) is 5.84 Å². The monoisotopic (exact) mass is 215 g/mol. The summed E-state index contributed by atoms with van der Waals surface area (Å²) in [5.41, 5.74) is 2.15. The van der Waals surface area contributed by atoms with Gasteiger partial charge in [-0.3, -0.25) is 10.2 Å². The van der Waals surface area contributed by atoms with Gasteiger partial charge in [-0.1, -0.05) is 6.92 Å². The van der Waals surface area contributed by atoms with Gasteiger partial charge in [-0.15, -0.1) is 0 Å². The summed E-state index contributed by atoms with van der Waals surface area (Å²) in [5, 5.41) is 9.14. The molecule has 1 saturated carbocycles. The minimum absolute atomic E-state index is 0.0926. The summed E-state index contributed by atoms with van der Waals surface area (Å²) in [4.78, 5) is 13.3. The van der Waals surface area contributed by atoms with Crippen LogP contribution in [0.4, 0.5) is 0 Å². The topological polar surface area (TPSA) is 78.6 Å². The van der Waals surface area contributed by atoms with Crippen molar-refractivity contribution in [1.29, 1.82) is 0 Å². The first-order valence-corrected chi connectivity index (χ1v) is 5.40. The number of nitrogens with two attached hydrogens (primary N) is 1. The highest BCUT2D eigenvalue weighted by Crippen LogP contribution is 2.27. The van der Waals surface area contributed by atoms with Crippen LogP contribution >= 0.6 is 0 Å². The third-order valence-electron chi connectivity index (χ3n) is 2.96. The molecule has 0 bridgehead atoms. The summed E-state index contributed by atoms with van der Waals surface area (Å²) in [6.45, 7) is 3.50. The number of carbonyl (C=O) groups is 1. The van der Waals surface area contributed by atoms with Gasteiger partial charge in [0.15, 0.2) is 0 Å². The van der Waals surface area contributed by atoms with Crippen molar-refractivity contribution in [2.45, 2.75) is 25.9 Å². The Labute approximate surface area is 90.6 Å². The minimum Gasteiger partial charge on any atom is -0.393 e. The number of rotatable bonds is 5. The fourth-order valence-electron chi connectivity index (χ4n) is 2.06. The Bertz CT molecular complexity index is 217. The van der Waals surface area contributed by atoms with Crippen molar-refractivity contribution < 1.29 is 9.90 Å². The minimum atomic E-state index is -0.129. The molecule has 1 aliphatic rings. The van der Waals surface area contributed by atoms with E-state index in [1.165, 1.54) is 0 Å². The molecule has 0 aromatic rings. The van der Waals surface area contributed by atoms with Gasteiger partial charge in [-0.05, 0) is 25.8 Å². The lowest BCUT2D eigenvalue weighted by Crippen LogP contribution is -2.42. The number of nitrogens with one attached hydrogen (secondary N) is 1. The van der Waals surface area contributed by atoms with Crippen molar-refractivity contribution in [2.24, 2.45) is 17.7 Å². The summed E-state index contributed by atoms with van der Waals surface area (Å²) < 4.78 is 0. The largest absolute Gasteiger partial charge is 0.393 e. The second kappa shape index (κ2) is 5.44. The van der Waals surface area contributed by atoms with E-state index in [1.807, 2.05) is 14.0 Å². The van der Waals surface area contributed by atoms with E-state index in [0.717, 1.165) is 19.4 Å². The van der Waals surface area contributed by atoms with E-state index in [9.17, 15) is 4.79 Å². The van der Waals surface area contributed by atoms with Gasteiger partial charge in [0.25, 0.3) is 0 Å². The molecule has 1 atom stereocenters. The molecule has 88 valence electrons. The Morgan fingerprint density at radius 2 is 2.27 bits per heavy atom. The predicted molar refractivity (Wildman–Crippen MR) is 57.7 cm³/mol. The van der Waals surface area contributed by atoms with Gasteiger partial charge in [0.05, 0.1) is 6.10 Å². The van der Waals surface area contributed by atoms with Gasteiger partial charge in [0.2, 0.25) is 5.91 Å². The van der Waals surface area contributed by atoms with Crippen molar-refractivity contribution in [1.82, 2.24) is 10.3 Å². The van der Waals surface area contributed by atoms with Gasteiger partial charge < -0.3 is 10.0 Å². The maximum Gasteiger partial charge on any atom is 0.237 e. The van der Waals surface area contributed by atoms with Crippen LogP contribution in [0.25, 0.3) is 0 Å². The van der Waals surface area contributed by atoms with Gasteiger partial charge in [0.1, 0.15) is 0 Å². The molecule has 4 N–H and O–H groups in total. The Hall–Kier alpha value is -0.650. The molecule has 5 nitrogen and oxygen atoms in total. The first-order chi connectivity index (χ1) is 7.02. The van der Waals surface area contributed by atoms with Crippen molar-refractivity contribution in [3.8, 4) is 0 Å². The molecule has 1 fully saturated rings. The van der Waals surface area contributed by atoms with Crippen LogP contribution in [0, 0.1) is 11.8 Å². The summed E-state index contributed by atoms with van der Waals surface area (Å²) in [6.07, 6.45) is 1.68. The number of aliphatic hydroxyl groups is 1. The molecule has 0 aromatic carbocycles. The Morgan fingerprint density at radius 3 is 2.73 bits per heavy atom. The third-order valence-corrected chi connectivity index (χ3v) is 2.96. The SMILES string of the molecule is CC(CN(C)CC1CC(O)C1)C(=O)NN. The van der Waals surface area contributed by atoms with Crippen LogP contribution in [-0.4, -0.2) is 42.2 Å². The van der Waals surface area contributed by atoms with Gasteiger partial charge >= 0.3 is 0 Å². The van der Waals surface area contributed by atoms with Crippen LogP contribution in [0.5, 0.6) is 0 Å². The van der Waals surface area contributed by atoms with Crippen molar-refractivity contribution in [3.63, 3.8) is 0 Å². The standard InChI is InChI=1S/C10H21N3O2/c1-7(10(15)12-11)5-13(2)6-8-3-9(14)4-8/h7-9,14H,3-6,11H2,1-2H3,(H,12,15). The lowest BCUT2D eigenvalue weighted by molar-refractivity contribution is -0.125. The number of nitrogens with zero attached hydrogens (tertiary/aromatic N) is 1. The molecular formula is C10H21N3O2. The van der Waals surface area contributed by atoms with Crippen molar-refractivity contribution in [3.05, 3.63) is 0 Å². The number of hydrazine groups is 1. The summed E-state index contributed by atoms with van der Waals surface area (Å²) in [5.74, 6) is 5.41. The highest BCUT2D eigenvalue weighted by atomic mass is 16.3. The molecule has 1 rings (SSSR count). The maximum atomic E-state index is 11.2. The van der Waals surface area contributed by atoms with E-state index in [-0.39, 0.29) is 17.9 Å². The van der Waals surface area contributed by atoms with E-state index in [1.54, 1.807) is 0 Å². The number of aliphatic hydroxyl groups excluding tert-OH is 1. The van der Waals surface area contributed by atoms with Crippen LogP contribution in [0.2, 0.25) is 0 Å². The molecule has 0 aliphatic heterocycles. The summed E-state index contributed by atoms with van der Waals surface area (Å²) >= 11 is 0. The average molecular weight is 215 g/mol. The molecule has 0 radical (unpaired) electrons. The lowest BCUT2D eigenvalue weighted by Gasteiger charge is -2.35. The lowest BCUT2D eigenvalue weighted by atomic mass is 9.82. The van der Waals surface area contributed by atoms with E-state index in [0.29, 0.717) is 12.5 Å². The average Bonchev–Trinajstić information content (AvgIpc) is 2.14. The van der Waals surface area contributed by atoms with Crippen LogP contribution in [0.1, 0.15) is 19.8 Å². The number of amides is 1. The summed E-state index contributed by atoms with van der Waals surface area (Å²) in [7, 11) is 1.99. The Morgan fingerprint density at radius 1 is 1.67 bits per heavy atom. The van der Waals surface area contributed by atoms with E-state index < -0.39 is 0 Å². The molecule has 15 heavy (non-hydrogen) atoms. The molecule has 0 spiro atoms. The number of carbonyl (C=O) groups excluding carboxylic acids is 1. The predicted octanol–water partition coefficient (Wildman–Crippen LogP) is -0.685. The van der Waals surface area contributed by atoms with E-state index in [4.69, 9.17) is 10.9 Å². The van der Waals surface area contributed by atoms with E-state index >= 15 is 0 Å². The molecule has 1 aliphatic carbocycles. The fourth-order valence-corrected chi connectivity index (χ4v) is 2.06. The van der Waals surface area contributed by atoms with E-state index in [2.05, 4.69) is 10.3 Å². The highest BCUT2D eigenvalue weighted by molar-refractivity contribution is 5.77. The van der Waals surface area contributed by atoms with Crippen molar-refractivity contribution >= 4 is 5.91 Å². The Balaban J connectivity index is 2.17. The molecule has 0 saturated heterocycles. The van der Waals surface area contributed by atoms with Crippen LogP contribution in [0.15, 0.2) is 0 Å². The molecular weight excluding hydrogens is 194 g/mol. The second-order valence-corrected chi connectivity index (χ2v) is 4.62. The zero-order chi connectivity index (χ0) is 11.4. The number of hydrogen-bond donors (Lipinski definition) is 3.